The van der Waals surface area contributed by atoms with Crippen LogP contribution in [0.2, 0.25) is 30.1 Å². The van der Waals surface area contributed by atoms with Gasteiger partial charge in [0.05, 0.1) is 75.3 Å². The Morgan fingerprint density at radius 2 is 0.612 bits per heavy atom. The zero-order valence-electron chi connectivity index (χ0n) is 80.8. The van der Waals surface area contributed by atoms with E-state index in [4.69, 9.17) is 112 Å². The van der Waals surface area contributed by atoms with Crippen LogP contribution in [0.4, 0.5) is 26.3 Å². The topological polar surface area (TPSA) is 327 Å². The van der Waals surface area contributed by atoms with Gasteiger partial charge < -0.3 is 69.2 Å². The van der Waals surface area contributed by atoms with Crippen molar-refractivity contribution in [1.82, 2.24) is 31.6 Å². The predicted molar refractivity (Wildman–Crippen MR) is 536 cm³/mol. The van der Waals surface area contributed by atoms with Crippen LogP contribution >= 0.6 is 69.6 Å². The van der Waals surface area contributed by atoms with Gasteiger partial charge in [-0.3, -0.25) is 52.9 Å². The molecule has 0 unspecified atom stereocenters. The fourth-order valence-corrected chi connectivity index (χ4v) is 24.1. The molecule has 0 radical (unpaired) electrons. The van der Waals surface area contributed by atoms with E-state index in [1.54, 1.807) is 62.9 Å². The molecular weight excluding hydrogens is 2040 g/mol. The van der Waals surface area contributed by atoms with Gasteiger partial charge >= 0.3 is 0 Å². The number of halogens is 12. The normalized spacial score (nSPS) is 24.0. The number of methoxy groups -OCH3 is 4. The predicted octanol–water partition coefficient (Wildman–Crippen LogP) is 21.7. The number of ketones is 5. The molecule has 15 saturated carbocycles. The average Bonchev–Trinajstić information content (AvgIpc) is 0.692. The summed E-state index contributed by atoms with van der Waals surface area (Å²) in [6.07, 6.45) is 14.8. The largest absolute Gasteiger partial charge is 0.496 e. The van der Waals surface area contributed by atoms with Crippen LogP contribution in [0.3, 0.4) is 0 Å². The highest BCUT2D eigenvalue weighted by atomic mass is 35.5. The minimum atomic E-state index is -0.618. The molecular formula is C110H104Cl6F6N6O19. The number of benzene rings is 9. The first-order valence-corrected chi connectivity index (χ1v) is 49.6. The number of carbonyl (C=O) groups excluding carboxylic acids is 10. The number of ether oxygens (including phenoxy) is 9. The van der Waals surface area contributed by atoms with E-state index in [2.05, 4.69) is 31.6 Å². The fourth-order valence-electron chi connectivity index (χ4n) is 23.4. The molecule has 1 aromatic heterocycles. The Hall–Kier alpha value is -12.7. The highest BCUT2D eigenvalue weighted by molar-refractivity contribution is 6.42. The molecule has 9 aromatic carbocycles. The van der Waals surface area contributed by atoms with Crippen molar-refractivity contribution in [3.63, 3.8) is 0 Å². The van der Waals surface area contributed by atoms with Crippen LogP contribution in [0.1, 0.15) is 191 Å². The summed E-state index contributed by atoms with van der Waals surface area (Å²) in [5.74, 6) is -2.15. The maximum absolute atomic E-state index is 14.1. The van der Waals surface area contributed by atoms with Crippen molar-refractivity contribution in [2.24, 2.45) is 27.1 Å². The molecule has 10 aromatic rings. The Kier molecular flexibility index (Phi) is 31.5. The number of aryl methyl sites for hydroxylation is 2. The Morgan fingerprint density at radius 3 is 0.966 bits per heavy atom. The van der Waals surface area contributed by atoms with Gasteiger partial charge in [0.2, 0.25) is 0 Å². The van der Waals surface area contributed by atoms with E-state index < -0.39 is 34.9 Å². The first-order chi connectivity index (χ1) is 69.8. The summed E-state index contributed by atoms with van der Waals surface area (Å²) < 4.78 is 129. The number of carbonyl (C=O) groups is 10. The molecule has 15 aliphatic carbocycles. The number of hydrogen-bond donors (Lipinski definition) is 5. The summed E-state index contributed by atoms with van der Waals surface area (Å²) in [7, 11) is 5.89. The minimum Gasteiger partial charge on any atom is -0.496 e. The van der Waals surface area contributed by atoms with Gasteiger partial charge in [0.15, 0.2) is 73.5 Å². The maximum Gasteiger partial charge on any atom is 0.258 e. The second kappa shape index (κ2) is 43.3. The van der Waals surface area contributed by atoms with Gasteiger partial charge in [0.1, 0.15) is 80.8 Å². The average molecular weight is 2140 g/mol. The Labute approximate surface area is 873 Å². The molecule has 1 heterocycles. The summed E-state index contributed by atoms with van der Waals surface area (Å²) in [4.78, 5) is 128. The fraction of sp³-hybridized carbons (Fsp3) is 0.373. The van der Waals surface area contributed by atoms with Crippen molar-refractivity contribution in [1.29, 1.82) is 0 Å². The van der Waals surface area contributed by atoms with Crippen molar-refractivity contribution < 1.29 is 117 Å². The van der Waals surface area contributed by atoms with E-state index >= 15 is 0 Å². The maximum atomic E-state index is 14.1. The molecule has 5 N–H and O–H groups in total. The molecule has 0 aliphatic heterocycles. The Morgan fingerprint density at radius 1 is 0.286 bits per heavy atom. The Bertz CT molecular complexity index is 6770. The molecule has 25 nitrogen and oxygen atoms in total. The van der Waals surface area contributed by atoms with E-state index in [0.717, 1.165) is 93.2 Å². The number of pyridine rings is 1. The van der Waals surface area contributed by atoms with E-state index in [1.165, 1.54) is 87.0 Å². The number of para-hydroxylation sites is 1. The van der Waals surface area contributed by atoms with E-state index in [-0.39, 0.29) is 213 Å². The van der Waals surface area contributed by atoms with Gasteiger partial charge in [-0.05, 0) is 276 Å². The number of Topliss-reactive ketones (excluding diaryl/α,β-unsaturated/α-hetero) is 5. The van der Waals surface area contributed by atoms with Gasteiger partial charge in [-0.15, -0.1) is 0 Å². The first kappa shape index (κ1) is 107. The molecule has 147 heavy (non-hydrogen) atoms. The summed E-state index contributed by atoms with van der Waals surface area (Å²) in [5, 5.41) is 15.7. The van der Waals surface area contributed by atoms with Crippen molar-refractivity contribution in [3.05, 3.63) is 292 Å². The minimum absolute atomic E-state index is 0.00337. The monoisotopic (exact) mass is 2140 g/mol. The molecule has 15 fully saturated rings. The molecule has 37 heteroatoms. The lowest BCUT2D eigenvalue weighted by atomic mass is 9.38. The van der Waals surface area contributed by atoms with Crippen molar-refractivity contribution in [3.8, 4) is 51.7 Å². The molecule has 0 atom stereocenters. The zero-order valence-corrected chi connectivity index (χ0v) is 85.4. The lowest BCUT2D eigenvalue weighted by molar-refractivity contribution is -0.165. The summed E-state index contributed by atoms with van der Waals surface area (Å²) in [5.41, 5.74) is 2.36. The summed E-state index contributed by atoms with van der Waals surface area (Å²) in [6, 6.07) is 45.9. The summed E-state index contributed by atoms with van der Waals surface area (Å²) >= 11 is 34.3. The SMILES string of the molecule is COc1cc(C)ccc1C(=O)CC12CC(NC(=O)COc3ccc(Cl)c(F)c3)(C1)C2.COc1ccc(C(=O)CC23CC(NC(=O)COc4ccc(Cl)c(F)c4)(C2)C3)cc1F.COc1cccc(F)c1C(=O)CC12CC(NC(=O)COc3ccc(Cl)c(F)c3)(C1)C2.COc1ccccc1C(=O)CC12CC(NC(=O)COc3ccc(Cl)c(F)c3)(C1)C2.Cc1ccnc(C(=O)CC23CC(NC(=O)COc4ccc(Cl)c(Cl)c4)(C2)C3)c1. The number of hydrogen-bond acceptors (Lipinski definition) is 20. The quantitative estimate of drug-likeness (QED) is 0.0176. The van der Waals surface area contributed by atoms with Crippen LogP contribution in [0.5, 0.6) is 51.7 Å². The van der Waals surface area contributed by atoms with E-state index in [9.17, 15) is 74.3 Å². The van der Waals surface area contributed by atoms with Crippen LogP contribution in [-0.4, -0.2) is 153 Å². The van der Waals surface area contributed by atoms with Gasteiger partial charge in [0, 0.05) is 102 Å². The van der Waals surface area contributed by atoms with Crippen LogP contribution in [0, 0.1) is 75.8 Å². The number of amides is 5. The third-order valence-electron chi connectivity index (χ3n) is 28.9. The molecule has 15 aliphatic rings. The summed E-state index contributed by atoms with van der Waals surface area (Å²) in [6.45, 7) is 2.94. The van der Waals surface area contributed by atoms with E-state index in [0.29, 0.717) is 114 Å². The lowest BCUT2D eigenvalue weighted by Crippen LogP contribution is -2.75. The molecule has 25 rings (SSSR count). The third-order valence-corrected chi connectivity index (χ3v) is 30.9. The van der Waals surface area contributed by atoms with Crippen LogP contribution < -0.4 is 69.2 Å². The highest BCUT2D eigenvalue weighted by Gasteiger charge is 2.72. The van der Waals surface area contributed by atoms with Crippen LogP contribution in [-0.2, 0) is 24.0 Å². The molecule has 5 amide bonds. The second-order valence-electron chi connectivity index (χ2n) is 40.9. The van der Waals surface area contributed by atoms with Crippen LogP contribution in [0.15, 0.2) is 188 Å². The molecule has 772 valence electrons. The van der Waals surface area contributed by atoms with Gasteiger partial charge in [-0.1, -0.05) is 93.9 Å². The van der Waals surface area contributed by atoms with Gasteiger partial charge in [0.25, 0.3) is 29.5 Å². The Balaban J connectivity index is 0.000000131. The van der Waals surface area contributed by atoms with Crippen molar-refractivity contribution >= 4 is 128 Å². The zero-order chi connectivity index (χ0) is 105. The highest BCUT2D eigenvalue weighted by Crippen LogP contribution is 2.73. The van der Waals surface area contributed by atoms with Crippen molar-refractivity contribution in [2.75, 3.05) is 61.5 Å². The number of aromatic nitrogens is 1. The second-order valence-corrected chi connectivity index (χ2v) is 43.3. The van der Waals surface area contributed by atoms with Gasteiger partial charge in [-0.2, -0.15) is 0 Å². The number of rotatable bonds is 39. The van der Waals surface area contributed by atoms with Crippen molar-refractivity contribution in [2.45, 2.75) is 170 Å². The number of nitrogens with one attached hydrogen (secondary N) is 5. The number of nitrogens with zero attached hydrogens (tertiary/aromatic N) is 1. The molecule has 10 bridgehead atoms. The third kappa shape index (κ3) is 24.5. The van der Waals surface area contributed by atoms with E-state index in [1.807, 2.05) is 56.3 Å². The van der Waals surface area contributed by atoms with Gasteiger partial charge in [-0.25, -0.2) is 26.3 Å². The standard InChI is InChI=1S/C23H23ClFNO4.2C22H20ClF2NO4.C22H21ClFNO4.C21H20Cl2N2O3/c1-14-3-5-16(20(7-14)29-2)19(27)9-22-11-23(12-22,13-22)26-21(28)10-30-15-4-6-17(24)18(25)8-15;1-29-19-5-2-13(6-17(19)25)18(27)8-21-10-22(11-21,12-21)26-20(28)9-30-14-3-4-15(23)16(24)7-14;1-29-18-4-2-3-15(24)20(18)17(27)8-21-10-22(11-21,12-21)26-19(28)9-30-13-5-6-14(23)16(25)7-13;1-28-19-5-3-2-4-15(19)18(26)9-21-11-22(12-21,13-21)25-20(27)10-29-14-6-7-16(23)17(24)8-14;1-13-4-5-24-17(6-13)18(26)8-20-10-21(11-20,12-20)25-19(27)9-28-14-2-3-15(22)16(23)7-14/h3-8H,9-13H2,1-2H3,(H,26,28);2*2-7H,8-12H2,1H3,(H,26,28);2-8H,9-13H2,1H3,(H,25,27);2-7H,8-12H2,1H3,(H,25,27). The first-order valence-electron chi connectivity index (χ1n) is 47.3. The molecule has 0 spiro atoms. The smallest absolute Gasteiger partial charge is 0.258 e. The van der Waals surface area contributed by atoms with Crippen LogP contribution in [0.25, 0.3) is 0 Å². The molecule has 0 saturated heterocycles. The lowest BCUT2D eigenvalue weighted by Gasteiger charge is -2.70.